The lowest BCUT2D eigenvalue weighted by Gasteiger charge is -2.08. The Morgan fingerprint density at radius 3 is 2.14 bits per heavy atom. The van der Waals surface area contributed by atoms with Crippen LogP contribution in [-0.4, -0.2) is 19.0 Å². The molecule has 0 saturated carbocycles. The van der Waals surface area contributed by atoms with Gasteiger partial charge in [0, 0.05) is 18.4 Å². The second kappa shape index (κ2) is 7.21. The fourth-order valence-electron chi connectivity index (χ4n) is 1.85. The molecule has 2 aromatic carbocycles. The highest BCUT2D eigenvalue weighted by molar-refractivity contribution is 5.93. The van der Waals surface area contributed by atoms with Gasteiger partial charge in [-0.2, -0.15) is 0 Å². The van der Waals surface area contributed by atoms with Crippen molar-refractivity contribution in [3.63, 3.8) is 0 Å². The van der Waals surface area contributed by atoms with Crippen molar-refractivity contribution in [3.05, 3.63) is 59.9 Å². The predicted octanol–water partition coefficient (Wildman–Crippen LogP) is 2.76. The maximum atomic E-state index is 13.5. The van der Waals surface area contributed by atoms with Crippen LogP contribution < -0.4 is 16.0 Å². The molecule has 0 fully saturated rings. The van der Waals surface area contributed by atoms with Crippen molar-refractivity contribution in [1.82, 2.24) is 5.32 Å². The van der Waals surface area contributed by atoms with Crippen molar-refractivity contribution in [2.45, 2.75) is 6.42 Å². The average molecular weight is 301 g/mol. The first kappa shape index (κ1) is 15.5. The second-order valence-corrected chi connectivity index (χ2v) is 4.60. The Balaban J connectivity index is 1.94. The number of rotatable bonds is 4. The van der Waals surface area contributed by atoms with Crippen LogP contribution in [0.15, 0.2) is 48.5 Å². The average Bonchev–Trinajstić information content (AvgIpc) is 2.51. The molecule has 114 valence electrons. The van der Waals surface area contributed by atoms with Crippen molar-refractivity contribution in [2.75, 3.05) is 17.7 Å². The summed E-state index contributed by atoms with van der Waals surface area (Å²) < 4.78 is 13.5. The molecule has 0 heterocycles. The van der Waals surface area contributed by atoms with Crippen LogP contribution >= 0.6 is 0 Å². The van der Waals surface area contributed by atoms with E-state index >= 15 is 0 Å². The summed E-state index contributed by atoms with van der Waals surface area (Å²) in [5.41, 5.74) is 1.52. The molecule has 0 aliphatic heterocycles. The number of urea groups is 1. The third-order valence-corrected chi connectivity index (χ3v) is 2.96. The Morgan fingerprint density at radius 2 is 1.55 bits per heavy atom. The van der Waals surface area contributed by atoms with E-state index in [9.17, 15) is 14.0 Å². The van der Waals surface area contributed by atoms with E-state index in [-0.39, 0.29) is 18.4 Å². The molecule has 3 N–H and O–H groups in total. The maximum absolute atomic E-state index is 13.5. The highest BCUT2D eigenvalue weighted by Gasteiger charge is 2.08. The van der Waals surface area contributed by atoms with E-state index in [1.165, 1.54) is 13.1 Å². The maximum Gasteiger partial charge on any atom is 0.318 e. The monoisotopic (exact) mass is 301 g/mol. The minimum absolute atomic E-state index is 0.0368. The summed E-state index contributed by atoms with van der Waals surface area (Å²) in [7, 11) is 1.52. The topological polar surface area (TPSA) is 70.2 Å². The first-order valence-corrected chi connectivity index (χ1v) is 6.70. The van der Waals surface area contributed by atoms with Gasteiger partial charge >= 0.3 is 6.03 Å². The van der Waals surface area contributed by atoms with Crippen LogP contribution in [0.1, 0.15) is 5.56 Å². The molecule has 0 radical (unpaired) electrons. The van der Waals surface area contributed by atoms with Crippen LogP contribution in [0, 0.1) is 5.82 Å². The van der Waals surface area contributed by atoms with E-state index in [4.69, 9.17) is 0 Å². The van der Waals surface area contributed by atoms with Crippen molar-refractivity contribution in [2.24, 2.45) is 0 Å². The summed E-state index contributed by atoms with van der Waals surface area (Å²) in [6, 6.07) is 12.5. The first-order chi connectivity index (χ1) is 10.6. The summed E-state index contributed by atoms with van der Waals surface area (Å²) in [6.45, 7) is 0. The lowest BCUT2D eigenvalue weighted by atomic mass is 10.1. The van der Waals surface area contributed by atoms with Gasteiger partial charge in [0.2, 0.25) is 5.91 Å². The summed E-state index contributed by atoms with van der Waals surface area (Å²) in [6.07, 6.45) is -0.0368. The van der Waals surface area contributed by atoms with Gasteiger partial charge in [0.1, 0.15) is 5.82 Å². The summed E-state index contributed by atoms with van der Waals surface area (Å²) in [4.78, 5) is 23.0. The van der Waals surface area contributed by atoms with Gasteiger partial charge in [-0.25, -0.2) is 9.18 Å². The number of carbonyl (C=O) groups excluding carboxylic acids is 2. The van der Waals surface area contributed by atoms with Gasteiger partial charge in [-0.05, 0) is 35.9 Å². The van der Waals surface area contributed by atoms with E-state index in [1.807, 2.05) is 0 Å². The third-order valence-electron chi connectivity index (χ3n) is 2.96. The first-order valence-electron chi connectivity index (χ1n) is 6.70. The number of carbonyl (C=O) groups is 2. The summed E-state index contributed by atoms with van der Waals surface area (Å²) in [5.74, 6) is -0.708. The highest BCUT2D eigenvalue weighted by atomic mass is 19.1. The third kappa shape index (κ3) is 4.31. The van der Waals surface area contributed by atoms with Crippen molar-refractivity contribution >= 4 is 23.3 Å². The van der Waals surface area contributed by atoms with E-state index in [0.717, 1.165) is 0 Å². The standard InChI is InChI=1S/C16H16FN3O2/c1-18-16(22)20-13-8-6-12(7-9-13)19-15(21)10-11-4-2-3-5-14(11)17/h2-9H,10H2,1H3,(H,19,21)(H2,18,20,22). The van der Waals surface area contributed by atoms with Gasteiger partial charge in [-0.3, -0.25) is 4.79 Å². The number of anilines is 2. The van der Waals surface area contributed by atoms with Gasteiger partial charge in [0.25, 0.3) is 0 Å². The van der Waals surface area contributed by atoms with Crippen LogP contribution in [0.3, 0.4) is 0 Å². The van der Waals surface area contributed by atoms with Gasteiger partial charge in [0.05, 0.1) is 6.42 Å². The lowest BCUT2D eigenvalue weighted by molar-refractivity contribution is -0.115. The number of nitrogens with one attached hydrogen (secondary N) is 3. The van der Waals surface area contributed by atoms with Crippen LogP contribution in [0.2, 0.25) is 0 Å². The molecular weight excluding hydrogens is 285 g/mol. The Bertz CT molecular complexity index is 671. The zero-order valence-corrected chi connectivity index (χ0v) is 12.0. The SMILES string of the molecule is CNC(=O)Nc1ccc(NC(=O)Cc2ccccc2F)cc1. The quantitative estimate of drug-likeness (QED) is 0.812. The minimum atomic E-state index is -0.400. The number of halogens is 1. The largest absolute Gasteiger partial charge is 0.341 e. The van der Waals surface area contributed by atoms with Crippen LogP contribution in [-0.2, 0) is 11.2 Å². The molecule has 22 heavy (non-hydrogen) atoms. The van der Waals surface area contributed by atoms with Gasteiger partial charge in [0.15, 0.2) is 0 Å². The van der Waals surface area contributed by atoms with Crippen LogP contribution in [0.4, 0.5) is 20.6 Å². The molecule has 0 aliphatic carbocycles. The fourth-order valence-corrected chi connectivity index (χ4v) is 1.85. The molecule has 0 aliphatic rings. The number of benzene rings is 2. The molecule has 3 amide bonds. The zero-order valence-electron chi connectivity index (χ0n) is 12.0. The van der Waals surface area contributed by atoms with E-state index in [2.05, 4.69) is 16.0 Å². The molecule has 5 nitrogen and oxygen atoms in total. The predicted molar refractivity (Wildman–Crippen MR) is 83.3 cm³/mol. The van der Waals surface area contributed by atoms with E-state index in [0.29, 0.717) is 16.9 Å². The molecule has 0 aromatic heterocycles. The van der Waals surface area contributed by atoms with Gasteiger partial charge < -0.3 is 16.0 Å². The molecule has 0 atom stereocenters. The molecule has 2 rings (SSSR count). The van der Waals surface area contributed by atoms with Crippen molar-refractivity contribution in [1.29, 1.82) is 0 Å². The molecule has 2 aromatic rings. The molecule has 0 unspecified atom stereocenters. The minimum Gasteiger partial charge on any atom is -0.341 e. The van der Waals surface area contributed by atoms with E-state index in [1.54, 1.807) is 42.5 Å². The van der Waals surface area contributed by atoms with Crippen LogP contribution in [0.25, 0.3) is 0 Å². The number of hydrogen-bond donors (Lipinski definition) is 3. The Kier molecular flexibility index (Phi) is 5.08. The highest BCUT2D eigenvalue weighted by Crippen LogP contribution is 2.14. The Labute approximate surface area is 127 Å². The molecule has 0 bridgehead atoms. The normalized spacial score (nSPS) is 9.91. The number of amides is 3. The zero-order chi connectivity index (χ0) is 15.9. The molecule has 0 spiro atoms. The summed E-state index contributed by atoms with van der Waals surface area (Å²) >= 11 is 0. The van der Waals surface area contributed by atoms with Crippen molar-refractivity contribution in [3.8, 4) is 0 Å². The van der Waals surface area contributed by atoms with Gasteiger partial charge in [-0.1, -0.05) is 18.2 Å². The second-order valence-electron chi connectivity index (χ2n) is 4.60. The number of hydrogen-bond acceptors (Lipinski definition) is 2. The molecular formula is C16H16FN3O2. The molecule has 0 saturated heterocycles. The van der Waals surface area contributed by atoms with Crippen molar-refractivity contribution < 1.29 is 14.0 Å². The van der Waals surface area contributed by atoms with E-state index < -0.39 is 5.82 Å². The lowest BCUT2D eigenvalue weighted by Crippen LogP contribution is -2.24. The summed E-state index contributed by atoms with van der Waals surface area (Å²) in [5, 5.41) is 7.72. The Morgan fingerprint density at radius 1 is 0.955 bits per heavy atom. The smallest absolute Gasteiger partial charge is 0.318 e. The van der Waals surface area contributed by atoms with Crippen LogP contribution in [0.5, 0.6) is 0 Å². The fraction of sp³-hybridized carbons (Fsp3) is 0.125. The Hall–Kier alpha value is -2.89. The van der Waals surface area contributed by atoms with Gasteiger partial charge in [-0.15, -0.1) is 0 Å². The molecule has 6 heteroatoms.